The first-order valence-electron chi connectivity index (χ1n) is 14.1. The minimum atomic E-state index is -0.971. The van der Waals surface area contributed by atoms with Crippen LogP contribution < -0.4 is 4.74 Å². The van der Waals surface area contributed by atoms with E-state index in [1.807, 2.05) is 10.8 Å². The molecule has 3 aromatic heterocycles. The number of aromatic nitrogens is 5. The Morgan fingerprint density at radius 1 is 1.19 bits per heavy atom. The van der Waals surface area contributed by atoms with Crippen LogP contribution in [-0.4, -0.2) is 59.3 Å². The number of halogens is 2. The standard InChI is InChI=1S/C31H28ClFN6O4/c32-22-3-1-21(24(33)13-22)17-43-30-28(38-9-7-34-18-38)11-19-5-8-37(15-26(19)36-30)16-29-35-25-4-2-20(31(40)41)12-27(25)39(29)14-23-6-10-42-23/h1-4,7,9,11-13,18,23H,5-6,8,10,14-17H2,(H,40,41)/t23-/m0/s1. The van der Waals surface area contributed by atoms with Crippen LogP contribution >= 0.6 is 11.6 Å². The monoisotopic (exact) mass is 602 g/mol. The smallest absolute Gasteiger partial charge is 0.335 e. The number of benzene rings is 2. The molecule has 0 bridgehead atoms. The van der Waals surface area contributed by atoms with Crippen molar-refractivity contribution in [2.45, 2.75) is 45.2 Å². The lowest BCUT2D eigenvalue weighted by atomic mass is 10.0. The molecule has 0 amide bonds. The molecule has 1 fully saturated rings. The van der Waals surface area contributed by atoms with Gasteiger partial charge in [-0.1, -0.05) is 17.7 Å². The van der Waals surface area contributed by atoms with Crippen LogP contribution in [0.1, 0.15) is 39.4 Å². The van der Waals surface area contributed by atoms with Gasteiger partial charge < -0.3 is 23.7 Å². The second-order valence-electron chi connectivity index (χ2n) is 10.8. The Hall–Kier alpha value is -4.32. The number of carboxylic acids is 1. The highest BCUT2D eigenvalue weighted by molar-refractivity contribution is 6.30. The van der Waals surface area contributed by atoms with Crippen molar-refractivity contribution in [1.29, 1.82) is 0 Å². The fourth-order valence-corrected chi connectivity index (χ4v) is 5.72. The molecule has 7 rings (SSSR count). The molecule has 10 nitrogen and oxygen atoms in total. The number of hydrogen-bond acceptors (Lipinski definition) is 7. The van der Waals surface area contributed by atoms with Crippen LogP contribution in [0.5, 0.6) is 5.88 Å². The summed E-state index contributed by atoms with van der Waals surface area (Å²) in [6.45, 7) is 3.25. The molecule has 0 unspecified atom stereocenters. The number of pyridine rings is 1. The van der Waals surface area contributed by atoms with Crippen molar-refractivity contribution in [3.63, 3.8) is 0 Å². The van der Waals surface area contributed by atoms with Crippen LogP contribution in [-0.2, 0) is 37.4 Å². The minimum Gasteiger partial charge on any atom is -0.478 e. The molecule has 220 valence electrons. The van der Waals surface area contributed by atoms with E-state index in [0.29, 0.717) is 36.1 Å². The van der Waals surface area contributed by atoms with Gasteiger partial charge in [0.25, 0.3) is 0 Å². The number of carbonyl (C=O) groups is 1. The molecule has 2 aliphatic heterocycles. The zero-order valence-corrected chi connectivity index (χ0v) is 23.9. The molecule has 2 aromatic carbocycles. The number of nitrogens with zero attached hydrogens (tertiary/aromatic N) is 6. The van der Waals surface area contributed by atoms with E-state index in [0.717, 1.165) is 59.8 Å². The number of imidazole rings is 2. The van der Waals surface area contributed by atoms with Crippen molar-refractivity contribution in [1.82, 2.24) is 29.0 Å². The zero-order chi connectivity index (χ0) is 29.5. The number of fused-ring (bicyclic) bond motifs is 2. The van der Waals surface area contributed by atoms with Crippen molar-refractivity contribution in [3.8, 4) is 11.6 Å². The zero-order valence-electron chi connectivity index (χ0n) is 23.1. The molecule has 1 atom stereocenters. The van der Waals surface area contributed by atoms with Gasteiger partial charge in [-0.25, -0.2) is 24.1 Å². The highest BCUT2D eigenvalue weighted by atomic mass is 35.5. The Bertz CT molecular complexity index is 1820. The van der Waals surface area contributed by atoms with Gasteiger partial charge in [-0.15, -0.1) is 0 Å². The average Bonchev–Trinajstić information content (AvgIpc) is 3.62. The Labute approximate surface area is 251 Å². The van der Waals surface area contributed by atoms with E-state index in [2.05, 4.69) is 20.5 Å². The maximum atomic E-state index is 14.5. The predicted molar refractivity (Wildman–Crippen MR) is 156 cm³/mol. The lowest BCUT2D eigenvalue weighted by molar-refractivity contribution is -0.0592. The minimum absolute atomic E-state index is 0.00814. The van der Waals surface area contributed by atoms with E-state index >= 15 is 0 Å². The summed E-state index contributed by atoms with van der Waals surface area (Å²) in [5, 5.41) is 9.88. The highest BCUT2D eigenvalue weighted by Gasteiger charge is 2.26. The van der Waals surface area contributed by atoms with Crippen molar-refractivity contribution in [2.75, 3.05) is 13.2 Å². The van der Waals surface area contributed by atoms with Crippen molar-refractivity contribution in [3.05, 3.63) is 100 Å². The van der Waals surface area contributed by atoms with E-state index in [1.165, 1.54) is 6.07 Å². The first-order chi connectivity index (χ1) is 20.9. The predicted octanol–water partition coefficient (Wildman–Crippen LogP) is 5.03. The van der Waals surface area contributed by atoms with E-state index < -0.39 is 11.8 Å². The van der Waals surface area contributed by atoms with Crippen LogP contribution in [0.2, 0.25) is 5.02 Å². The van der Waals surface area contributed by atoms with Gasteiger partial charge in [0.05, 0.1) is 47.8 Å². The van der Waals surface area contributed by atoms with Gasteiger partial charge >= 0.3 is 5.97 Å². The number of ether oxygens (including phenoxy) is 2. The summed E-state index contributed by atoms with van der Waals surface area (Å²) >= 11 is 5.92. The van der Waals surface area contributed by atoms with Gasteiger partial charge in [0.2, 0.25) is 5.88 Å². The van der Waals surface area contributed by atoms with Gasteiger partial charge in [0.1, 0.15) is 23.9 Å². The van der Waals surface area contributed by atoms with Crippen molar-refractivity contribution in [2.24, 2.45) is 0 Å². The van der Waals surface area contributed by atoms with Crippen LogP contribution in [0.15, 0.2) is 61.2 Å². The van der Waals surface area contributed by atoms with Crippen molar-refractivity contribution < 1.29 is 23.8 Å². The molecule has 5 aromatic rings. The molecule has 0 saturated carbocycles. The summed E-state index contributed by atoms with van der Waals surface area (Å²) in [6.07, 6.45) is 7.00. The van der Waals surface area contributed by atoms with Gasteiger partial charge in [0, 0.05) is 42.7 Å². The lowest BCUT2D eigenvalue weighted by Gasteiger charge is -2.30. The molecule has 0 aliphatic carbocycles. The first-order valence-corrected chi connectivity index (χ1v) is 14.4. The second-order valence-corrected chi connectivity index (χ2v) is 11.2. The van der Waals surface area contributed by atoms with Crippen LogP contribution in [0.4, 0.5) is 4.39 Å². The normalized spacial score (nSPS) is 16.7. The summed E-state index contributed by atoms with van der Waals surface area (Å²) in [6, 6.07) is 11.6. The highest BCUT2D eigenvalue weighted by Crippen LogP contribution is 2.30. The third-order valence-electron chi connectivity index (χ3n) is 7.99. The van der Waals surface area contributed by atoms with Crippen LogP contribution in [0.25, 0.3) is 16.7 Å². The van der Waals surface area contributed by atoms with Crippen LogP contribution in [0.3, 0.4) is 0 Å². The van der Waals surface area contributed by atoms with Gasteiger partial charge in [-0.2, -0.15) is 0 Å². The maximum absolute atomic E-state index is 14.5. The Morgan fingerprint density at radius 3 is 2.81 bits per heavy atom. The van der Waals surface area contributed by atoms with Gasteiger partial charge in [-0.05, 0) is 54.8 Å². The number of aromatic carboxylic acids is 1. The molecule has 0 spiro atoms. The number of hydrogen-bond donors (Lipinski definition) is 1. The topological polar surface area (TPSA) is 108 Å². The average molecular weight is 603 g/mol. The Morgan fingerprint density at radius 2 is 2.07 bits per heavy atom. The van der Waals surface area contributed by atoms with Crippen LogP contribution in [0, 0.1) is 5.82 Å². The molecule has 1 N–H and O–H groups in total. The SMILES string of the molecule is O=C(O)c1ccc2nc(CN3CCc4cc(-n5ccnc5)c(OCc5ccc(Cl)cc5F)nc4C3)n(C[C@@H]3CCO3)c2c1. The van der Waals surface area contributed by atoms with E-state index in [1.54, 1.807) is 42.9 Å². The summed E-state index contributed by atoms with van der Waals surface area (Å²) < 4.78 is 30.2. The van der Waals surface area contributed by atoms with Gasteiger partial charge in [0.15, 0.2) is 0 Å². The molecule has 43 heavy (non-hydrogen) atoms. The summed E-state index contributed by atoms with van der Waals surface area (Å²) in [7, 11) is 0. The third-order valence-corrected chi connectivity index (χ3v) is 8.22. The number of rotatable bonds is 9. The second kappa shape index (κ2) is 11.4. The lowest BCUT2D eigenvalue weighted by Crippen LogP contribution is -2.34. The Balaban J connectivity index is 1.17. The summed E-state index contributed by atoms with van der Waals surface area (Å²) in [4.78, 5) is 27.9. The fourth-order valence-electron chi connectivity index (χ4n) is 5.56. The molecule has 12 heteroatoms. The largest absolute Gasteiger partial charge is 0.478 e. The quantitative estimate of drug-likeness (QED) is 0.250. The first kappa shape index (κ1) is 27.5. The summed E-state index contributed by atoms with van der Waals surface area (Å²) in [5.41, 5.74) is 4.86. The molecular weight excluding hydrogens is 575 g/mol. The number of carboxylic acid groups (broad SMARTS) is 1. The molecule has 5 heterocycles. The molecule has 2 aliphatic rings. The van der Waals surface area contributed by atoms with Gasteiger partial charge in [-0.3, -0.25) is 4.90 Å². The summed E-state index contributed by atoms with van der Waals surface area (Å²) in [5.74, 6) is -0.182. The third kappa shape index (κ3) is 5.58. The van der Waals surface area contributed by atoms with E-state index in [4.69, 9.17) is 31.0 Å². The molecular formula is C31H28ClFN6O4. The fraction of sp³-hybridized carbons (Fsp3) is 0.290. The Kier molecular flexibility index (Phi) is 7.29. The molecule has 0 radical (unpaired) electrons. The van der Waals surface area contributed by atoms with E-state index in [-0.39, 0.29) is 18.3 Å². The molecule has 1 saturated heterocycles. The maximum Gasteiger partial charge on any atom is 0.335 e. The van der Waals surface area contributed by atoms with Crippen molar-refractivity contribution >= 4 is 28.6 Å². The van der Waals surface area contributed by atoms with E-state index in [9.17, 15) is 14.3 Å².